The van der Waals surface area contributed by atoms with Crippen LogP contribution in [-0.4, -0.2) is 35.8 Å². The molecule has 1 saturated carbocycles. The van der Waals surface area contributed by atoms with E-state index in [1.165, 1.54) is 19.3 Å². The second-order valence-electron chi connectivity index (χ2n) is 7.90. The van der Waals surface area contributed by atoms with Crippen LogP contribution < -0.4 is 10.2 Å². The van der Waals surface area contributed by atoms with Crippen molar-refractivity contribution in [3.05, 3.63) is 57.0 Å². The lowest BCUT2D eigenvalue weighted by atomic mass is 9.98. The SMILES string of the molecule is CCOC(=O)c1c(C)n(-c2ccc(OC3CCCCC3)cc2)c(C)c(C(=O)OCC)c1=O. The summed E-state index contributed by atoms with van der Waals surface area (Å²) in [5, 5.41) is 0. The molecule has 1 heterocycles. The Labute approximate surface area is 188 Å². The van der Waals surface area contributed by atoms with Gasteiger partial charge in [-0.15, -0.1) is 0 Å². The lowest BCUT2D eigenvalue weighted by Gasteiger charge is -2.23. The first kappa shape index (κ1) is 23.6. The van der Waals surface area contributed by atoms with Crippen molar-refractivity contribution in [3.8, 4) is 11.4 Å². The normalized spacial score (nSPS) is 14.1. The van der Waals surface area contributed by atoms with E-state index in [1.54, 1.807) is 32.3 Å². The monoisotopic (exact) mass is 441 g/mol. The van der Waals surface area contributed by atoms with Gasteiger partial charge in [0.2, 0.25) is 5.43 Å². The van der Waals surface area contributed by atoms with Crippen molar-refractivity contribution >= 4 is 11.9 Å². The Balaban J connectivity index is 2.07. The van der Waals surface area contributed by atoms with Gasteiger partial charge in [0.15, 0.2) is 0 Å². The van der Waals surface area contributed by atoms with Crippen molar-refractivity contribution in [3.63, 3.8) is 0 Å². The molecule has 0 aliphatic heterocycles. The van der Waals surface area contributed by atoms with Gasteiger partial charge in [-0.3, -0.25) is 4.79 Å². The van der Waals surface area contributed by atoms with Crippen LogP contribution in [0.5, 0.6) is 5.75 Å². The number of pyridine rings is 1. The molecular weight excluding hydrogens is 410 g/mol. The minimum absolute atomic E-state index is 0.119. The quantitative estimate of drug-likeness (QED) is 0.588. The Bertz CT molecular complexity index is 984. The number of carbonyl (C=O) groups is 2. The number of hydrogen-bond donors (Lipinski definition) is 0. The number of aromatic nitrogens is 1. The molecular formula is C25H31NO6. The van der Waals surface area contributed by atoms with Crippen LogP contribution in [0, 0.1) is 13.8 Å². The average Bonchev–Trinajstić information content (AvgIpc) is 2.76. The fraction of sp³-hybridized carbons (Fsp3) is 0.480. The zero-order valence-electron chi connectivity index (χ0n) is 19.2. The van der Waals surface area contributed by atoms with Gasteiger partial charge in [0, 0.05) is 17.1 Å². The van der Waals surface area contributed by atoms with Crippen LogP contribution >= 0.6 is 0 Å². The van der Waals surface area contributed by atoms with Crippen molar-refractivity contribution in [1.29, 1.82) is 0 Å². The average molecular weight is 442 g/mol. The first-order valence-electron chi connectivity index (χ1n) is 11.3. The molecule has 2 aromatic rings. The van der Waals surface area contributed by atoms with Crippen molar-refractivity contribution in [2.75, 3.05) is 13.2 Å². The number of esters is 2. The molecule has 0 bridgehead atoms. The number of benzene rings is 1. The Kier molecular flexibility index (Phi) is 7.72. The Hall–Kier alpha value is -3.09. The lowest BCUT2D eigenvalue weighted by Crippen LogP contribution is -2.31. The molecule has 0 amide bonds. The molecule has 1 aromatic carbocycles. The maximum atomic E-state index is 13.1. The molecule has 3 rings (SSSR count). The summed E-state index contributed by atoms with van der Waals surface area (Å²) >= 11 is 0. The van der Waals surface area contributed by atoms with Crippen LogP contribution in [0.3, 0.4) is 0 Å². The smallest absolute Gasteiger partial charge is 0.343 e. The number of rotatable bonds is 7. The predicted octanol–water partition coefficient (Wildman–Crippen LogP) is 4.52. The van der Waals surface area contributed by atoms with Crippen LogP contribution in [0.2, 0.25) is 0 Å². The molecule has 0 unspecified atom stereocenters. The molecule has 32 heavy (non-hydrogen) atoms. The second-order valence-corrected chi connectivity index (χ2v) is 7.90. The van der Waals surface area contributed by atoms with Gasteiger partial charge in [0.1, 0.15) is 16.9 Å². The Morgan fingerprint density at radius 2 is 1.38 bits per heavy atom. The van der Waals surface area contributed by atoms with E-state index in [0.29, 0.717) is 17.1 Å². The van der Waals surface area contributed by atoms with E-state index in [2.05, 4.69) is 0 Å². The zero-order chi connectivity index (χ0) is 23.3. The highest BCUT2D eigenvalue weighted by Crippen LogP contribution is 2.26. The third-order valence-corrected chi connectivity index (χ3v) is 5.76. The summed E-state index contributed by atoms with van der Waals surface area (Å²) in [7, 11) is 0. The van der Waals surface area contributed by atoms with E-state index in [-0.39, 0.29) is 30.4 Å². The van der Waals surface area contributed by atoms with Crippen molar-refractivity contribution in [1.82, 2.24) is 4.57 Å². The number of hydrogen-bond acceptors (Lipinski definition) is 6. The fourth-order valence-electron chi connectivity index (χ4n) is 4.25. The lowest BCUT2D eigenvalue weighted by molar-refractivity contribution is 0.0519. The van der Waals surface area contributed by atoms with Crippen molar-refractivity contribution in [2.24, 2.45) is 0 Å². The van der Waals surface area contributed by atoms with Crippen molar-refractivity contribution < 1.29 is 23.8 Å². The largest absolute Gasteiger partial charge is 0.490 e. The maximum Gasteiger partial charge on any atom is 0.343 e. The maximum absolute atomic E-state index is 13.1. The van der Waals surface area contributed by atoms with E-state index >= 15 is 0 Å². The van der Waals surface area contributed by atoms with Crippen LogP contribution in [0.1, 0.15) is 78.1 Å². The first-order valence-corrected chi connectivity index (χ1v) is 11.3. The third-order valence-electron chi connectivity index (χ3n) is 5.76. The van der Waals surface area contributed by atoms with Crippen molar-refractivity contribution in [2.45, 2.75) is 65.9 Å². The highest BCUT2D eigenvalue weighted by molar-refractivity contribution is 5.96. The summed E-state index contributed by atoms with van der Waals surface area (Å²) in [4.78, 5) is 38.2. The number of carbonyl (C=O) groups excluding carboxylic acids is 2. The summed E-state index contributed by atoms with van der Waals surface area (Å²) in [5.74, 6) is -0.744. The molecule has 172 valence electrons. The third kappa shape index (κ3) is 4.87. The molecule has 0 spiro atoms. The Morgan fingerprint density at radius 1 is 0.875 bits per heavy atom. The van der Waals surface area contributed by atoms with Gasteiger partial charge >= 0.3 is 11.9 Å². The summed E-state index contributed by atoms with van der Waals surface area (Å²) in [6.45, 7) is 6.90. The van der Waals surface area contributed by atoms with E-state index in [1.807, 2.05) is 24.3 Å². The van der Waals surface area contributed by atoms with E-state index in [9.17, 15) is 14.4 Å². The summed E-state index contributed by atoms with van der Waals surface area (Å²) in [6.07, 6.45) is 5.99. The molecule has 7 heteroatoms. The molecule has 0 radical (unpaired) electrons. The first-order chi connectivity index (χ1) is 15.4. The predicted molar refractivity (Wildman–Crippen MR) is 121 cm³/mol. The topological polar surface area (TPSA) is 83.8 Å². The standard InChI is InChI=1S/C25H31NO6/c1-5-30-24(28)21-16(3)26(17(4)22(23(21)27)25(29)31-6-2)18-12-14-20(15-13-18)32-19-10-8-7-9-11-19/h12-15,19H,5-11H2,1-4H3. The molecule has 0 atom stereocenters. The highest BCUT2D eigenvalue weighted by Gasteiger charge is 2.28. The molecule has 1 aliphatic rings. The molecule has 0 N–H and O–H groups in total. The van der Waals surface area contributed by atoms with Gasteiger partial charge < -0.3 is 18.8 Å². The zero-order valence-corrected chi connectivity index (χ0v) is 19.2. The minimum Gasteiger partial charge on any atom is -0.490 e. The van der Waals surface area contributed by atoms with E-state index in [4.69, 9.17) is 14.2 Å². The molecule has 1 fully saturated rings. The minimum atomic E-state index is -0.758. The van der Waals surface area contributed by atoms with Crippen LogP contribution in [0.15, 0.2) is 29.1 Å². The van der Waals surface area contributed by atoms with Gasteiger partial charge in [0.25, 0.3) is 0 Å². The molecule has 0 saturated heterocycles. The number of nitrogens with zero attached hydrogens (tertiary/aromatic N) is 1. The van der Waals surface area contributed by atoms with Gasteiger partial charge in [-0.2, -0.15) is 0 Å². The van der Waals surface area contributed by atoms with E-state index < -0.39 is 17.4 Å². The van der Waals surface area contributed by atoms with Gasteiger partial charge in [-0.25, -0.2) is 9.59 Å². The van der Waals surface area contributed by atoms with Crippen LogP contribution in [0.4, 0.5) is 0 Å². The summed E-state index contributed by atoms with van der Waals surface area (Å²) in [6, 6.07) is 7.45. The van der Waals surface area contributed by atoms with E-state index in [0.717, 1.165) is 18.6 Å². The second kappa shape index (κ2) is 10.5. The molecule has 1 aliphatic carbocycles. The van der Waals surface area contributed by atoms with Gasteiger partial charge in [-0.05, 0) is 77.6 Å². The van der Waals surface area contributed by atoms with Crippen LogP contribution in [-0.2, 0) is 9.47 Å². The van der Waals surface area contributed by atoms with Crippen LogP contribution in [0.25, 0.3) is 5.69 Å². The molecule has 7 nitrogen and oxygen atoms in total. The Morgan fingerprint density at radius 3 is 1.84 bits per heavy atom. The summed E-state index contributed by atoms with van der Waals surface area (Å²) in [5.41, 5.74) is 0.503. The van der Waals surface area contributed by atoms with Gasteiger partial charge in [-0.1, -0.05) is 6.42 Å². The fourth-order valence-corrected chi connectivity index (χ4v) is 4.25. The van der Waals surface area contributed by atoms with Gasteiger partial charge in [0.05, 0.1) is 19.3 Å². The molecule has 1 aromatic heterocycles. The summed E-state index contributed by atoms with van der Waals surface area (Å²) < 4.78 is 18.0. The highest BCUT2D eigenvalue weighted by atomic mass is 16.5. The number of ether oxygens (including phenoxy) is 3.